The summed E-state index contributed by atoms with van der Waals surface area (Å²) in [4.78, 5) is 23.2. The lowest BCUT2D eigenvalue weighted by atomic mass is 10.2. The largest absolute Gasteiger partial charge is 0.335 e. The highest BCUT2D eigenvalue weighted by atomic mass is 32.2. The fraction of sp³-hybridized carbons (Fsp3) is 0.211. The van der Waals surface area contributed by atoms with Gasteiger partial charge in [-0.1, -0.05) is 24.3 Å². The van der Waals surface area contributed by atoms with Crippen LogP contribution in [0.5, 0.6) is 0 Å². The van der Waals surface area contributed by atoms with Crippen LogP contribution in [0, 0.1) is 0 Å². The van der Waals surface area contributed by atoms with Crippen molar-refractivity contribution in [3.63, 3.8) is 0 Å². The maximum absolute atomic E-state index is 12.6. The Labute approximate surface area is 166 Å². The van der Waals surface area contributed by atoms with E-state index >= 15 is 0 Å². The third-order valence-corrected chi connectivity index (χ3v) is 7.28. The van der Waals surface area contributed by atoms with Gasteiger partial charge in [-0.05, 0) is 31.2 Å². The number of fused-ring (bicyclic) bond motifs is 2. The number of sulfonamides is 1. The van der Waals surface area contributed by atoms with E-state index in [1.54, 1.807) is 41.5 Å². The van der Waals surface area contributed by atoms with E-state index in [9.17, 15) is 13.2 Å². The number of carbonyl (C=O) groups excluding carboxylic acids is 1. The van der Waals surface area contributed by atoms with E-state index in [0.717, 1.165) is 15.2 Å². The second-order valence-corrected chi connectivity index (χ2v) is 9.18. The van der Waals surface area contributed by atoms with Crippen molar-refractivity contribution in [1.29, 1.82) is 0 Å². The van der Waals surface area contributed by atoms with Crippen molar-refractivity contribution < 1.29 is 13.2 Å². The fourth-order valence-electron chi connectivity index (χ4n) is 2.96. The maximum Gasteiger partial charge on any atom is 0.263 e. The van der Waals surface area contributed by atoms with Gasteiger partial charge in [0.25, 0.3) is 10.0 Å². The second-order valence-electron chi connectivity index (χ2n) is 6.47. The third kappa shape index (κ3) is 3.27. The number of hydrogen-bond donors (Lipinski definition) is 1. The van der Waals surface area contributed by atoms with Crippen LogP contribution in [0.1, 0.15) is 23.5 Å². The molecule has 0 fully saturated rings. The lowest BCUT2D eigenvalue weighted by Gasteiger charge is -2.22. The van der Waals surface area contributed by atoms with Crippen molar-refractivity contribution in [2.24, 2.45) is 4.99 Å². The van der Waals surface area contributed by atoms with E-state index in [1.165, 1.54) is 6.07 Å². The first-order chi connectivity index (χ1) is 13.4. The molecule has 0 aliphatic carbocycles. The number of amidine groups is 1. The Bertz CT molecular complexity index is 1170. The number of thiazole rings is 1. The molecule has 0 bridgehead atoms. The number of likely N-dealkylation sites (N-methyl/N-ethyl adjacent to an activating group) is 1. The molecular formula is C19H18N4O3S2. The van der Waals surface area contributed by atoms with Gasteiger partial charge in [-0.15, -0.1) is 11.3 Å². The molecule has 1 atom stereocenters. The van der Waals surface area contributed by atoms with Gasteiger partial charge in [0.2, 0.25) is 5.91 Å². The molecule has 0 spiro atoms. The molecule has 2 aromatic carbocycles. The standard InChI is InChI=1S/C19H18N4O3S2/c1-12(19-21-14-8-4-5-9-15(14)27-19)23(2)17(24)11-20-18-13-7-3-6-10-16(13)28(25,26)22-18/h3-10,12H,11H2,1-2H3,(H,20,22)/t12-/m0/s1. The summed E-state index contributed by atoms with van der Waals surface area (Å²) in [7, 11) is -1.91. The Balaban J connectivity index is 1.51. The molecule has 1 aliphatic heterocycles. The lowest BCUT2D eigenvalue weighted by Crippen LogP contribution is -2.32. The molecule has 0 radical (unpaired) electrons. The molecule has 0 saturated heterocycles. The molecule has 7 nitrogen and oxygen atoms in total. The van der Waals surface area contributed by atoms with Crippen LogP contribution >= 0.6 is 11.3 Å². The number of benzene rings is 2. The highest BCUT2D eigenvalue weighted by molar-refractivity contribution is 7.90. The molecule has 1 amide bonds. The highest BCUT2D eigenvalue weighted by Crippen LogP contribution is 2.29. The van der Waals surface area contributed by atoms with Gasteiger partial charge < -0.3 is 4.90 Å². The second kappa shape index (κ2) is 6.99. The maximum atomic E-state index is 12.6. The number of para-hydroxylation sites is 1. The van der Waals surface area contributed by atoms with Gasteiger partial charge >= 0.3 is 0 Å². The van der Waals surface area contributed by atoms with Crippen molar-refractivity contribution in [2.45, 2.75) is 17.9 Å². The number of aliphatic imine (C=N–C) groups is 1. The number of nitrogens with zero attached hydrogens (tertiary/aromatic N) is 3. The summed E-state index contributed by atoms with van der Waals surface area (Å²) in [6.45, 7) is 1.76. The first kappa shape index (κ1) is 18.6. The molecule has 28 heavy (non-hydrogen) atoms. The predicted molar refractivity (Wildman–Crippen MR) is 109 cm³/mol. The van der Waals surface area contributed by atoms with E-state index in [-0.39, 0.29) is 29.2 Å². The molecule has 1 N–H and O–H groups in total. The van der Waals surface area contributed by atoms with E-state index < -0.39 is 10.0 Å². The minimum Gasteiger partial charge on any atom is -0.335 e. The predicted octanol–water partition coefficient (Wildman–Crippen LogP) is 2.55. The van der Waals surface area contributed by atoms with E-state index in [1.807, 2.05) is 31.2 Å². The molecule has 0 unspecified atom stereocenters. The molecule has 4 rings (SSSR count). The van der Waals surface area contributed by atoms with Crippen molar-refractivity contribution in [2.75, 3.05) is 13.6 Å². The summed E-state index contributed by atoms with van der Waals surface area (Å²) in [5, 5.41) is 0.844. The normalized spacial score (nSPS) is 17.3. The SMILES string of the molecule is C[C@@H](c1nc2ccccc2s1)N(C)C(=O)CN=C1NS(=O)(=O)c2ccccc21. The topological polar surface area (TPSA) is 91.7 Å². The van der Waals surface area contributed by atoms with Crippen LogP contribution in [0.4, 0.5) is 0 Å². The van der Waals surface area contributed by atoms with Crippen LogP contribution in [-0.4, -0.2) is 43.6 Å². The molecule has 0 saturated carbocycles. The minimum atomic E-state index is -3.61. The van der Waals surface area contributed by atoms with Crippen LogP contribution in [0.15, 0.2) is 58.4 Å². The summed E-state index contributed by atoms with van der Waals surface area (Å²) in [5.74, 6) is -0.0205. The van der Waals surface area contributed by atoms with Gasteiger partial charge in [0.05, 0.1) is 21.2 Å². The van der Waals surface area contributed by atoms with E-state index in [2.05, 4.69) is 14.7 Å². The molecule has 3 aromatic rings. The molecule has 2 heterocycles. The van der Waals surface area contributed by atoms with E-state index in [0.29, 0.717) is 5.56 Å². The zero-order valence-electron chi connectivity index (χ0n) is 15.3. The van der Waals surface area contributed by atoms with Gasteiger partial charge in [-0.25, -0.2) is 13.4 Å². The van der Waals surface area contributed by atoms with Crippen molar-refractivity contribution >= 4 is 43.3 Å². The minimum absolute atomic E-state index is 0.155. The van der Waals surface area contributed by atoms with Gasteiger partial charge in [0, 0.05) is 12.6 Å². The highest BCUT2D eigenvalue weighted by Gasteiger charge is 2.30. The Morgan fingerprint density at radius 2 is 1.93 bits per heavy atom. The Kier molecular flexibility index (Phi) is 4.64. The van der Waals surface area contributed by atoms with E-state index in [4.69, 9.17) is 0 Å². The first-order valence-electron chi connectivity index (χ1n) is 8.64. The number of rotatable bonds is 4. The van der Waals surface area contributed by atoms with Crippen molar-refractivity contribution in [1.82, 2.24) is 14.6 Å². The zero-order chi connectivity index (χ0) is 19.9. The number of amides is 1. The number of hydrogen-bond acceptors (Lipinski definition) is 6. The molecule has 9 heteroatoms. The lowest BCUT2D eigenvalue weighted by molar-refractivity contribution is -0.130. The van der Waals surface area contributed by atoms with Crippen LogP contribution in [0.2, 0.25) is 0 Å². The summed E-state index contributed by atoms with van der Waals surface area (Å²) in [6, 6.07) is 14.2. The van der Waals surface area contributed by atoms with Crippen LogP contribution in [0.3, 0.4) is 0 Å². The quantitative estimate of drug-likeness (QED) is 0.710. The monoisotopic (exact) mass is 414 g/mol. The number of nitrogens with one attached hydrogen (secondary N) is 1. The Morgan fingerprint density at radius 3 is 2.71 bits per heavy atom. The Morgan fingerprint density at radius 1 is 1.21 bits per heavy atom. The van der Waals surface area contributed by atoms with Crippen LogP contribution in [0.25, 0.3) is 10.2 Å². The van der Waals surface area contributed by atoms with Crippen molar-refractivity contribution in [3.8, 4) is 0 Å². The Hall–Kier alpha value is -2.78. The average molecular weight is 415 g/mol. The summed E-state index contributed by atoms with van der Waals surface area (Å²) in [5.41, 5.74) is 1.39. The summed E-state index contributed by atoms with van der Waals surface area (Å²) >= 11 is 1.55. The fourth-order valence-corrected chi connectivity index (χ4v) is 5.27. The molecule has 1 aliphatic rings. The smallest absolute Gasteiger partial charge is 0.263 e. The summed E-state index contributed by atoms with van der Waals surface area (Å²) in [6.07, 6.45) is 0. The third-order valence-electron chi connectivity index (χ3n) is 4.68. The van der Waals surface area contributed by atoms with Gasteiger partial charge in [0.15, 0.2) is 0 Å². The van der Waals surface area contributed by atoms with Gasteiger partial charge in [-0.3, -0.25) is 14.5 Å². The van der Waals surface area contributed by atoms with Crippen molar-refractivity contribution in [3.05, 3.63) is 59.1 Å². The number of aromatic nitrogens is 1. The first-order valence-corrected chi connectivity index (χ1v) is 10.9. The van der Waals surface area contributed by atoms with Crippen LogP contribution < -0.4 is 4.72 Å². The summed E-state index contributed by atoms with van der Waals surface area (Å²) < 4.78 is 27.7. The van der Waals surface area contributed by atoms with Crippen LogP contribution in [-0.2, 0) is 14.8 Å². The average Bonchev–Trinajstić information content (AvgIpc) is 3.24. The zero-order valence-corrected chi connectivity index (χ0v) is 16.9. The van der Waals surface area contributed by atoms with Gasteiger partial charge in [-0.2, -0.15) is 0 Å². The number of carbonyl (C=O) groups is 1. The molecule has 1 aromatic heterocycles. The molecule has 144 valence electrons. The van der Waals surface area contributed by atoms with Gasteiger partial charge in [0.1, 0.15) is 17.4 Å². The molecular weight excluding hydrogens is 396 g/mol.